The zero-order valence-electron chi connectivity index (χ0n) is 9.19. The molecule has 2 aromatic rings. The van der Waals surface area contributed by atoms with Crippen molar-refractivity contribution in [3.8, 4) is 5.75 Å². The summed E-state index contributed by atoms with van der Waals surface area (Å²) in [7, 11) is 1.52. The Bertz CT molecular complexity index is 630. The lowest BCUT2D eigenvalue weighted by Gasteiger charge is -2.04. The first-order valence-corrected chi connectivity index (χ1v) is 5.02. The second-order valence-electron chi connectivity index (χ2n) is 3.64. The molecule has 1 heterocycles. The van der Waals surface area contributed by atoms with Crippen LogP contribution in [0.3, 0.4) is 0 Å². The number of aliphatic carboxylic acids is 1. The molecule has 0 amide bonds. The van der Waals surface area contributed by atoms with Crippen LogP contribution >= 0.6 is 0 Å². The molecule has 1 aromatic carbocycles. The average Bonchev–Trinajstić information content (AvgIpc) is 2.28. The zero-order chi connectivity index (χ0) is 12.4. The summed E-state index contributed by atoms with van der Waals surface area (Å²) in [6.45, 7) is 0. The number of rotatable bonds is 3. The average molecular weight is 233 g/mol. The second kappa shape index (κ2) is 4.29. The molecule has 2 N–H and O–H groups in total. The summed E-state index contributed by atoms with van der Waals surface area (Å²) >= 11 is 0. The summed E-state index contributed by atoms with van der Waals surface area (Å²) in [4.78, 5) is 25.3. The van der Waals surface area contributed by atoms with Crippen molar-refractivity contribution in [2.45, 2.75) is 6.42 Å². The van der Waals surface area contributed by atoms with Crippen molar-refractivity contribution in [3.63, 3.8) is 0 Å². The Hall–Kier alpha value is -2.30. The molecule has 5 nitrogen and oxygen atoms in total. The number of fused-ring (bicyclic) bond motifs is 1. The number of carboxylic acids is 1. The minimum Gasteiger partial charge on any atom is -0.497 e. The number of pyridine rings is 1. The molecular formula is C12H11NO4. The van der Waals surface area contributed by atoms with Crippen LogP contribution in [0.25, 0.3) is 10.9 Å². The van der Waals surface area contributed by atoms with Gasteiger partial charge in [0.2, 0.25) is 0 Å². The lowest BCUT2D eigenvalue weighted by atomic mass is 10.1. The van der Waals surface area contributed by atoms with Gasteiger partial charge in [-0.2, -0.15) is 0 Å². The van der Waals surface area contributed by atoms with Crippen LogP contribution in [0.1, 0.15) is 5.69 Å². The summed E-state index contributed by atoms with van der Waals surface area (Å²) in [5, 5.41) is 9.15. The van der Waals surface area contributed by atoms with Crippen molar-refractivity contribution in [1.82, 2.24) is 4.98 Å². The van der Waals surface area contributed by atoms with Crippen molar-refractivity contribution >= 4 is 16.9 Å². The first-order chi connectivity index (χ1) is 8.10. The molecular weight excluding hydrogens is 222 g/mol. The Labute approximate surface area is 96.7 Å². The lowest BCUT2D eigenvalue weighted by Crippen LogP contribution is -2.09. The number of ether oxygens (including phenoxy) is 1. The fourth-order valence-corrected chi connectivity index (χ4v) is 1.67. The minimum atomic E-state index is -0.978. The van der Waals surface area contributed by atoms with Gasteiger partial charge in [-0.1, -0.05) is 0 Å². The summed E-state index contributed by atoms with van der Waals surface area (Å²) < 4.78 is 5.03. The number of carbonyl (C=O) groups is 1. The van der Waals surface area contributed by atoms with Gasteiger partial charge in [-0.15, -0.1) is 0 Å². The quantitative estimate of drug-likeness (QED) is 0.833. The molecule has 0 radical (unpaired) electrons. The molecule has 0 bridgehead atoms. The van der Waals surface area contributed by atoms with Gasteiger partial charge in [-0.25, -0.2) is 0 Å². The molecule has 0 fully saturated rings. The highest BCUT2D eigenvalue weighted by molar-refractivity contribution is 5.81. The van der Waals surface area contributed by atoms with E-state index < -0.39 is 5.97 Å². The molecule has 88 valence electrons. The monoisotopic (exact) mass is 233 g/mol. The number of hydrogen-bond donors (Lipinski definition) is 2. The molecule has 0 saturated carbocycles. The van der Waals surface area contributed by atoms with Gasteiger partial charge >= 0.3 is 5.97 Å². The summed E-state index contributed by atoms with van der Waals surface area (Å²) in [5.41, 5.74) is 0.781. The van der Waals surface area contributed by atoms with Crippen LogP contribution in [-0.2, 0) is 11.2 Å². The first kappa shape index (κ1) is 11.2. The van der Waals surface area contributed by atoms with Crippen molar-refractivity contribution in [2.24, 2.45) is 0 Å². The first-order valence-electron chi connectivity index (χ1n) is 5.02. The summed E-state index contributed by atoms with van der Waals surface area (Å²) in [5.74, 6) is -0.387. The van der Waals surface area contributed by atoms with E-state index in [0.29, 0.717) is 22.3 Å². The lowest BCUT2D eigenvalue weighted by molar-refractivity contribution is -0.136. The number of hydrogen-bond acceptors (Lipinski definition) is 3. The van der Waals surface area contributed by atoms with E-state index in [4.69, 9.17) is 9.84 Å². The zero-order valence-corrected chi connectivity index (χ0v) is 9.19. The molecule has 0 aliphatic carbocycles. The SMILES string of the molecule is COc1ccc2[nH]c(CC(=O)O)cc(=O)c2c1. The van der Waals surface area contributed by atoms with Crippen molar-refractivity contribution in [1.29, 1.82) is 0 Å². The molecule has 0 aliphatic rings. The third-order valence-corrected chi connectivity index (χ3v) is 2.43. The Morgan fingerprint density at radius 1 is 1.41 bits per heavy atom. The molecule has 2 rings (SSSR count). The van der Waals surface area contributed by atoms with Crippen LogP contribution in [0.2, 0.25) is 0 Å². The van der Waals surface area contributed by atoms with Crippen LogP contribution < -0.4 is 10.2 Å². The van der Waals surface area contributed by atoms with E-state index in [0.717, 1.165) is 0 Å². The van der Waals surface area contributed by atoms with Gasteiger partial charge in [0.15, 0.2) is 5.43 Å². The van der Waals surface area contributed by atoms with Gasteiger partial charge in [0.1, 0.15) is 5.75 Å². The fourth-order valence-electron chi connectivity index (χ4n) is 1.67. The molecule has 0 aliphatic heterocycles. The van der Waals surface area contributed by atoms with Gasteiger partial charge in [-0.3, -0.25) is 9.59 Å². The Morgan fingerprint density at radius 3 is 2.82 bits per heavy atom. The molecule has 0 unspecified atom stereocenters. The van der Waals surface area contributed by atoms with Gasteiger partial charge in [-0.05, 0) is 18.2 Å². The van der Waals surface area contributed by atoms with Crippen LogP contribution in [0.5, 0.6) is 5.75 Å². The Kier molecular flexibility index (Phi) is 2.82. The number of nitrogens with one attached hydrogen (secondary N) is 1. The maximum Gasteiger partial charge on any atom is 0.309 e. The topological polar surface area (TPSA) is 79.4 Å². The van der Waals surface area contributed by atoms with E-state index in [1.807, 2.05) is 0 Å². The Balaban J connectivity index is 2.59. The van der Waals surface area contributed by atoms with Crippen LogP contribution in [-0.4, -0.2) is 23.2 Å². The van der Waals surface area contributed by atoms with Crippen molar-refractivity contribution < 1.29 is 14.6 Å². The Morgan fingerprint density at radius 2 is 2.18 bits per heavy atom. The molecule has 1 aromatic heterocycles. The van der Waals surface area contributed by atoms with Gasteiger partial charge in [0.05, 0.1) is 13.5 Å². The number of H-pyrrole nitrogens is 1. The molecule has 0 saturated heterocycles. The van der Waals surface area contributed by atoms with Crippen LogP contribution in [0.4, 0.5) is 0 Å². The van der Waals surface area contributed by atoms with E-state index >= 15 is 0 Å². The van der Waals surface area contributed by atoms with Gasteiger partial charge in [0, 0.05) is 22.7 Å². The van der Waals surface area contributed by atoms with Crippen molar-refractivity contribution in [3.05, 3.63) is 40.2 Å². The second-order valence-corrected chi connectivity index (χ2v) is 3.64. The maximum atomic E-state index is 11.8. The van der Waals surface area contributed by atoms with Crippen LogP contribution in [0.15, 0.2) is 29.1 Å². The molecule has 0 spiro atoms. The number of aromatic amines is 1. The van der Waals surface area contributed by atoms with E-state index in [1.165, 1.54) is 13.2 Å². The fraction of sp³-hybridized carbons (Fsp3) is 0.167. The van der Waals surface area contributed by atoms with Gasteiger partial charge in [0.25, 0.3) is 0 Å². The standard InChI is InChI=1S/C12H11NO4/c1-17-8-2-3-10-9(6-8)11(14)4-7(13-10)5-12(15)16/h2-4,6H,5H2,1H3,(H,13,14)(H,15,16). The normalized spacial score (nSPS) is 10.4. The molecule has 5 heteroatoms. The smallest absolute Gasteiger partial charge is 0.309 e. The molecule has 0 atom stereocenters. The summed E-state index contributed by atoms with van der Waals surface area (Å²) in [6.07, 6.45) is -0.197. The largest absolute Gasteiger partial charge is 0.497 e. The third-order valence-electron chi connectivity index (χ3n) is 2.43. The summed E-state index contributed by atoms with van der Waals surface area (Å²) in [6, 6.07) is 6.33. The number of carboxylic acid groups (broad SMARTS) is 1. The van der Waals surface area contributed by atoms with Crippen LogP contribution in [0, 0.1) is 0 Å². The number of aromatic nitrogens is 1. The highest BCUT2D eigenvalue weighted by Gasteiger charge is 2.06. The highest BCUT2D eigenvalue weighted by atomic mass is 16.5. The number of benzene rings is 1. The predicted octanol–water partition coefficient (Wildman–Crippen LogP) is 1.16. The molecule has 17 heavy (non-hydrogen) atoms. The minimum absolute atomic E-state index is 0.197. The predicted molar refractivity (Wildman–Crippen MR) is 62.5 cm³/mol. The maximum absolute atomic E-state index is 11.8. The highest BCUT2D eigenvalue weighted by Crippen LogP contribution is 2.16. The van der Waals surface area contributed by atoms with E-state index in [2.05, 4.69) is 4.98 Å². The van der Waals surface area contributed by atoms with E-state index in [9.17, 15) is 9.59 Å². The van der Waals surface area contributed by atoms with E-state index in [1.54, 1.807) is 18.2 Å². The van der Waals surface area contributed by atoms with E-state index in [-0.39, 0.29) is 11.8 Å². The van der Waals surface area contributed by atoms with Gasteiger partial charge < -0.3 is 14.8 Å². The third kappa shape index (κ3) is 2.28. The number of methoxy groups -OCH3 is 1. The van der Waals surface area contributed by atoms with Crippen molar-refractivity contribution in [2.75, 3.05) is 7.11 Å².